The number of nitrogens with zero attached hydrogens (tertiary/aromatic N) is 3. The molecule has 0 saturated carbocycles. The molecule has 1 amide bonds. The maximum absolute atomic E-state index is 13.5. The highest BCUT2D eigenvalue weighted by Gasteiger charge is 2.32. The van der Waals surface area contributed by atoms with E-state index in [4.69, 9.17) is 17.2 Å². The van der Waals surface area contributed by atoms with E-state index in [9.17, 15) is 14.7 Å². The molecule has 1 aromatic carbocycles. The van der Waals surface area contributed by atoms with E-state index in [1.165, 1.54) is 16.2 Å². The maximum Gasteiger partial charge on any atom is 0.267 e. The number of aryl methyl sites for hydroxylation is 1. The van der Waals surface area contributed by atoms with E-state index in [-0.39, 0.29) is 23.6 Å². The van der Waals surface area contributed by atoms with E-state index in [1.54, 1.807) is 23.2 Å². The highest BCUT2D eigenvalue weighted by molar-refractivity contribution is 8.26. The number of aromatic nitrogens is 2. The average Bonchev–Trinajstić information content (AvgIpc) is 3.15. The number of aliphatic hydroxyl groups is 1. The van der Waals surface area contributed by atoms with Crippen LogP contribution in [-0.2, 0) is 4.79 Å². The molecular weight excluding hydrogens is 492 g/mol. The first-order chi connectivity index (χ1) is 17.4. The average molecular weight is 523 g/mol. The third-order valence-electron chi connectivity index (χ3n) is 6.12. The van der Waals surface area contributed by atoms with Crippen molar-refractivity contribution in [2.24, 2.45) is 0 Å². The van der Waals surface area contributed by atoms with Crippen LogP contribution >= 0.6 is 24.0 Å². The SMILES string of the molecule is CCCCCCN1C(=O)C(=Cc2c(NCC(O)c3ccccc3)nc3c(C)cccn3c2=O)SC1=S. The normalized spacial score (nSPS) is 15.8. The Kier molecular flexibility index (Phi) is 8.56. The van der Waals surface area contributed by atoms with Gasteiger partial charge in [0.15, 0.2) is 0 Å². The zero-order valence-corrected chi connectivity index (χ0v) is 22.1. The van der Waals surface area contributed by atoms with E-state index in [1.807, 2.05) is 43.3 Å². The van der Waals surface area contributed by atoms with Crippen molar-refractivity contribution >= 4 is 51.7 Å². The molecule has 3 heterocycles. The molecule has 4 rings (SSSR count). The number of fused-ring (bicyclic) bond motifs is 1. The second-order valence-electron chi connectivity index (χ2n) is 8.77. The number of aliphatic hydroxyl groups excluding tert-OH is 1. The fourth-order valence-corrected chi connectivity index (χ4v) is 5.37. The summed E-state index contributed by atoms with van der Waals surface area (Å²) < 4.78 is 1.98. The number of hydrogen-bond donors (Lipinski definition) is 2. The largest absolute Gasteiger partial charge is 0.387 e. The van der Waals surface area contributed by atoms with E-state index in [0.29, 0.717) is 27.2 Å². The van der Waals surface area contributed by atoms with E-state index < -0.39 is 6.10 Å². The number of benzene rings is 1. The monoisotopic (exact) mass is 522 g/mol. The van der Waals surface area contributed by atoms with Crippen molar-refractivity contribution < 1.29 is 9.90 Å². The third kappa shape index (κ3) is 5.69. The maximum atomic E-state index is 13.5. The molecule has 1 aliphatic heterocycles. The predicted octanol–water partition coefficient (Wildman–Crippen LogP) is 4.93. The molecule has 188 valence electrons. The Bertz CT molecular complexity index is 1350. The van der Waals surface area contributed by atoms with Crippen LogP contribution in [0.1, 0.15) is 55.4 Å². The van der Waals surface area contributed by atoms with E-state index in [2.05, 4.69) is 12.2 Å². The van der Waals surface area contributed by atoms with Gasteiger partial charge in [-0.1, -0.05) is 86.6 Å². The first-order valence-corrected chi connectivity index (χ1v) is 13.4. The number of anilines is 1. The smallest absolute Gasteiger partial charge is 0.267 e. The summed E-state index contributed by atoms with van der Waals surface area (Å²) in [5.74, 6) is 0.128. The standard InChI is InChI=1S/C27H30N4O3S2/c1-3-4-5-9-14-31-26(34)22(36-27(31)35)16-20-23(28-17-21(32)19-12-7-6-8-13-19)29-24-18(2)11-10-15-30(24)25(20)33/h6-8,10-13,15-16,21,28,32H,3-5,9,14,17H2,1-2H3. The molecule has 1 aliphatic rings. The van der Waals surface area contributed by atoms with Crippen LogP contribution in [0.25, 0.3) is 11.7 Å². The van der Waals surface area contributed by atoms with Crippen molar-refractivity contribution in [1.82, 2.24) is 14.3 Å². The Morgan fingerprint density at radius 2 is 1.92 bits per heavy atom. The number of rotatable bonds is 10. The first-order valence-electron chi connectivity index (χ1n) is 12.1. The van der Waals surface area contributed by atoms with Crippen molar-refractivity contribution in [1.29, 1.82) is 0 Å². The Balaban J connectivity index is 1.67. The van der Waals surface area contributed by atoms with Gasteiger partial charge in [-0.15, -0.1) is 0 Å². The zero-order valence-electron chi connectivity index (χ0n) is 20.4. The van der Waals surface area contributed by atoms with Crippen LogP contribution in [0.15, 0.2) is 58.4 Å². The zero-order chi connectivity index (χ0) is 25.7. The van der Waals surface area contributed by atoms with Gasteiger partial charge in [0, 0.05) is 19.3 Å². The molecule has 1 atom stereocenters. The number of nitrogens with one attached hydrogen (secondary N) is 1. The van der Waals surface area contributed by atoms with E-state index >= 15 is 0 Å². The lowest BCUT2D eigenvalue weighted by Gasteiger charge is -2.16. The van der Waals surface area contributed by atoms with E-state index in [0.717, 1.165) is 36.8 Å². The molecule has 1 unspecified atom stereocenters. The topological polar surface area (TPSA) is 86.9 Å². The van der Waals surface area contributed by atoms with Gasteiger partial charge in [0.25, 0.3) is 11.5 Å². The first kappa shape index (κ1) is 26.1. The number of thioether (sulfide) groups is 1. The van der Waals surface area contributed by atoms with Gasteiger partial charge in [-0.25, -0.2) is 4.98 Å². The second kappa shape index (κ2) is 11.8. The quantitative estimate of drug-likeness (QED) is 0.222. The number of hydrogen-bond acceptors (Lipinski definition) is 7. The Labute approximate surface area is 220 Å². The summed E-state index contributed by atoms with van der Waals surface area (Å²) >= 11 is 6.67. The molecule has 0 radical (unpaired) electrons. The fourth-order valence-electron chi connectivity index (χ4n) is 4.08. The van der Waals surface area contributed by atoms with Crippen LogP contribution in [0.4, 0.5) is 5.82 Å². The van der Waals surface area contributed by atoms with Crippen molar-refractivity contribution in [2.75, 3.05) is 18.4 Å². The lowest BCUT2D eigenvalue weighted by atomic mass is 10.1. The van der Waals surface area contributed by atoms with Gasteiger partial charge in [-0.3, -0.25) is 18.9 Å². The van der Waals surface area contributed by atoms with Gasteiger partial charge in [0.1, 0.15) is 15.8 Å². The summed E-state index contributed by atoms with van der Waals surface area (Å²) in [7, 11) is 0. The molecule has 7 nitrogen and oxygen atoms in total. The van der Waals surface area contributed by atoms with Crippen LogP contribution in [0, 0.1) is 6.92 Å². The van der Waals surface area contributed by atoms with Crippen LogP contribution in [-0.4, -0.2) is 42.7 Å². The molecule has 0 spiro atoms. The predicted molar refractivity (Wildman–Crippen MR) is 150 cm³/mol. The molecular formula is C27H30N4O3S2. The van der Waals surface area contributed by atoms with Gasteiger partial charge in [0.05, 0.1) is 16.6 Å². The lowest BCUT2D eigenvalue weighted by molar-refractivity contribution is -0.122. The molecule has 3 aromatic rings. The highest BCUT2D eigenvalue weighted by Crippen LogP contribution is 2.33. The van der Waals surface area contributed by atoms with Crippen molar-refractivity contribution in [2.45, 2.75) is 45.6 Å². The molecule has 1 saturated heterocycles. The highest BCUT2D eigenvalue weighted by atomic mass is 32.2. The lowest BCUT2D eigenvalue weighted by Crippen LogP contribution is -2.29. The summed E-state index contributed by atoms with van der Waals surface area (Å²) in [4.78, 5) is 33.4. The molecule has 0 aliphatic carbocycles. The van der Waals surface area contributed by atoms with Crippen LogP contribution in [0.3, 0.4) is 0 Å². The summed E-state index contributed by atoms with van der Waals surface area (Å²) in [5.41, 5.74) is 2.06. The van der Waals surface area contributed by atoms with Crippen molar-refractivity contribution in [3.05, 3.63) is 80.6 Å². The molecule has 9 heteroatoms. The van der Waals surface area contributed by atoms with Gasteiger partial charge in [-0.05, 0) is 36.6 Å². The minimum atomic E-state index is -0.794. The van der Waals surface area contributed by atoms with Gasteiger partial charge < -0.3 is 10.4 Å². The van der Waals surface area contributed by atoms with Gasteiger partial charge in [0.2, 0.25) is 0 Å². The number of pyridine rings is 1. The third-order valence-corrected chi connectivity index (χ3v) is 7.49. The van der Waals surface area contributed by atoms with Crippen LogP contribution in [0.5, 0.6) is 0 Å². The number of carbonyl (C=O) groups excluding carboxylic acids is 1. The Morgan fingerprint density at radius 1 is 1.14 bits per heavy atom. The molecule has 0 bridgehead atoms. The summed E-state index contributed by atoms with van der Waals surface area (Å²) in [5, 5.41) is 13.8. The number of unbranched alkanes of at least 4 members (excludes halogenated alkanes) is 3. The molecule has 36 heavy (non-hydrogen) atoms. The minimum absolute atomic E-state index is 0.151. The van der Waals surface area contributed by atoms with Crippen molar-refractivity contribution in [3.8, 4) is 0 Å². The molecule has 1 fully saturated rings. The number of amides is 1. The van der Waals surface area contributed by atoms with Gasteiger partial charge in [-0.2, -0.15) is 0 Å². The van der Waals surface area contributed by atoms with Crippen LogP contribution < -0.4 is 10.9 Å². The van der Waals surface area contributed by atoms with Gasteiger partial charge >= 0.3 is 0 Å². The van der Waals surface area contributed by atoms with Crippen molar-refractivity contribution in [3.63, 3.8) is 0 Å². The Morgan fingerprint density at radius 3 is 2.67 bits per heavy atom. The number of carbonyl (C=O) groups is 1. The number of thiocarbonyl (C=S) groups is 1. The fraction of sp³-hybridized carbons (Fsp3) is 0.333. The summed E-state index contributed by atoms with van der Waals surface area (Å²) in [6, 6.07) is 13.0. The summed E-state index contributed by atoms with van der Waals surface area (Å²) in [6.45, 7) is 4.75. The Hall–Kier alpha value is -3.01. The second-order valence-corrected chi connectivity index (χ2v) is 10.4. The summed E-state index contributed by atoms with van der Waals surface area (Å²) in [6.07, 6.45) is 6.61. The molecule has 2 N–H and O–H groups in total. The molecule has 2 aromatic heterocycles. The minimum Gasteiger partial charge on any atom is -0.387 e. The van der Waals surface area contributed by atoms with Crippen LogP contribution in [0.2, 0.25) is 0 Å².